The van der Waals surface area contributed by atoms with E-state index in [1.54, 1.807) is 38.5 Å². The molecule has 0 unspecified atom stereocenters. The minimum Gasteiger partial charge on any atom is -0.497 e. The molecule has 0 saturated heterocycles. The molecule has 0 fully saturated rings. The minimum absolute atomic E-state index is 0.136. The van der Waals surface area contributed by atoms with Crippen molar-refractivity contribution in [3.05, 3.63) is 42.1 Å². The Morgan fingerprint density at radius 2 is 2.00 bits per heavy atom. The number of hydrogen-bond acceptors (Lipinski definition) is 5. The van der Waals surface area contributed by atoms with Crippen LogP contribution in [0.4, 0.5) is 11.5 Å². The molecule has 6 heteroatoms. The number of nitrogens with zero attached hydrogens (tertiary/aromatic N) is 1. The van der Waals surface area contributed by atoms with Crippen LogP contribution in [0.1, 0.15) is 10.4 Å². The summed E-state index contributed by atoms with van der Waals surface area (Å²) < 4.78 is 10.4. The first-order valence-electron chi connectivity index (χ1n) is 5.82. The second-order valence-electron chi connectivity index (χ2n) is 3.93. The Kier molecular flexibility index (Phi) is 4.05. The van der Waals surface area contributed by atoms with E-state index in [4.69, 9.17) is 14.6 Å². The van der Waals surface area contributed by atoms with Gasteiger partial charge in [0.15, 0.2) is 0 Å². The summed E-state index contributed by atoms with van der Waals surface area (Å²) in [4.78, 5) is 14.8. The SMILES string of the molecule is COc1ccc(Nc2ccc(C(=O)O)cn2)c(OC)c1. The summed E-state index contributed by atoms with van der Waals surface area (Å²) >= 11 is 0. The van der Waals surface area contributed by atoms with Gasteiger partial charge in [-0.15, -0.1) is 0 Å². The number of rotatable bonds is 5. The number of carboxylic acid groups (broad SMARTS) is 1. The van der Waals surface area contributed by atoms with E-state index in [1.165, 1.54) is 12.3 Å². The monoisotopic (exact) mass is 274 g/mol. The standard InChI is InChI=1S/C14H14N2O4/c1-19-10-4-5-11(12(7-10)20-2)16-13-6-3-9(8-15-13)14(17)18/h3-8H,1-2H3,(H,15,16)(H,17,18). The number of ether oxygens (including phenoxy) is 2. The first kappa shape index (κ1) is 13.7. The molecule has 0 atom stereocenters. The number of methoxy groups -OCH3 is 2. The summed E-state index contributed by atoms with van der Waals surface area (Å²) in [5, 5.41) is 11.9. The predicted molar refractivity (Wildman–Crippen MR) is 74.0 cm³/mol. The van der Waals surface area contributed by atoms with E-state index in [1.807, 2.05) is 0 Å². The molecule has 0 radical (unpaired) electrons. The maximum absolute atomic E-state index is 10.7. The summed E-state index contributed by atoms with van der Waals surface area (Å²) in [6, 6.07) is 8.40. The quantitative estimate of drug-likeness (QED) is 0.872. The number of benzene rings is 1. The van der Waals surface area contributed by atoms with Crippen LogP contribution in [-0.2, 0) is 0 Å². The molecule has 0 aliphatic rings. The van der Waals surface area contributed by atoms with E-state index >= 15 is 0 Å². The number of anilines is 2. The highest BCUT2D eigenvalue weighted by Crippen LogP contribution is 2.30. The van der Waals surface area contributed by atoms with Gasteiger partial charge >= 0.3 is 5.97 Å². The second-order valence-corrected chi connectivity index (χ2v) is 3.93. The van der Waals surface area contributed by atoms with Crippen molar-refractivity contribution in [2.45, 2.75) is 0 Å². The molecule has 0 spiro atoms. The number of nitrogens with one attached hydrogen (secondary N) is 1. The van der Waals surface area contributed by atoms with Gasteiger partial charge in [-0.05, 0) is 24.3 Å². The van der Waals surface area contributed by atoms with Gasteiger partial charge < -0.3 is 19.9 Å². The molecule has 0 saturated carbocycles. The normalized spacial score (nSPS) is 9.90. The molecule has 6 nitrogen and oxygen atoms in total. The summed E-state index contributed by atoms with van der Waals surface area (Å²) in [7, 11) is 3.13. The minimum atomic E-state index is -1.01. The van der Waals surface area contributed by atoms with Gasteiger partial charge in [0.25, 0.3) is 0 Å². The van der Waals surface area contributed by atoms with Crippen molar-refractivity contribution in [3.8, 4) is 11.5 Å². The molecule has 2 rings (SSSR count). The molecule has 0 aliphatic carbocycles. The Balaban J connectivity index is 2.23. The van der Waals surface area contributed by atoms with E-state index in [0.29, 0.717) is 23.0 Å². The van der Waals surface area contributed by atoms with E-state index in [9.17, 15) is 4.79 Å². The smallest absolute Gasteiger partial charge is 0.337 e. The lowest BCUT2D eigenvalue weighted by molar-refractivity contribution is 0.0696. The fourth-order valence-corrected chi connectivity index (χ4v) is 1.63. The van der Waals surface area contributed by atoms with Crippen molar-refractivity contribution in [1.82, 2.24) is 4.98 Å². The summed E-state index contributed by atoms with van der Waals surface area (Å²) in [6.07, 6.45) is 1.29. The predicted octanol–water partition coefficient (Wildman–Crippen LogP) is 2.54. The zero-order valence-electron chi connectivity index (χ0n) is 11.1. The average Bonchev–Trinajstić information content (AvgIpc) is 2.48. The van der Waals surface area contributed by atoms with Crippen LogP contribution < -0.4 is 14.8 Å². The van der Waals surface area contributed by atoms with Gasteiger partial charge in [0, 0.05) is 12.3 Å². The van der Waals surface area contributed by atoms with Gasteiger partial charge in [0.05, 0.1) is 25.5 Å². The molecular weight excluding hydrogens is 260 g/mol. The topological polar surface area (TPSA) is 80.7 Å². The lowest BCUT2D eigenvalue weighted by atomic mass is 10.2. The lowest BCUT2D eigenvalue weighted by Gasteiger charge is -2.12. The zero-order chi connectivity index (χ0) is 14.5. The van der Waals surface area contributed by atoms with Gasteiger partial charge in [0.2, 0.25) is 0 Å². The third kappa shape index (κ3) is 2.97. The molecule has 2 aromatic rings. The Morgan fingerprint density at radius 3 is 2.55 bits per heavy atom. The molecule has 2 N–H and O–H groups in total. The van der Waals surface area contributed by atoms with Crippen LogP contribution in [0.15, 0.2) is 36.5 Å². The third-order valence-electron chi connectivity index (χ3n) is 2.68. The number of aromatic carboxylic acids is 1. The molecule has 20 heavy (non-hydrogen) atoms. The van der Waals surface area contributed by atoms with Crippen LogP contribution in [0, 0.1) is 0 Å². The number of carbonyl (C=O) groups is 1. The van der Waals surface area contributed by atoms with Gasteiger partial charge in [0.1, 0.15) is 17.3 Å². The Morgan fingerprint density at radius 1 is 1.20 bits per heavy atom. The van der Waals surface area contributed by atoms with E-state index < -0.39 is 5.97 Å². The van der Waals surface area contributed by atoms with Crippen LogP contribution in [0.25, 0.3) is 0 Å². The maximum atomic E-state index is 10.7. The fraction of sp³-hybridized carbons (Fsp3) is 0.143. The van der Waals surface area contributed by atoms with Crippen molar-refractivity contribution in [2.75, 3.05) is 19.5 Å². The first-order chi connectivity index (χ1) is 9.63. The molecule has 0 aliphatic heterocycles. The Hall–Kier alpha value is -2.76. The molecule has 1 aromatic heterocycles. The van der Waals surface area contributed by atoms with Crippen LogP contribution in [-0.4, -0.2) is 30.3 Å². The van der Waals surface area contributed by atoms with Crippen LogP contribution in [0.3, 0.4) is 0 Å². The number of pyridine rings is 1. The van der Waals surface area contributed by atoms with Crippen LogP contribution in [0.5, 0.6) is 11.5 Å². The van der Waals surface area contributed by atoms with Crippen molar-refractivity contribution in [2.24, 2.45) is 0 Å². The molecule has 1 heterocycles. The summed E-state index contributed by atoms with van der Waals surface area (Å²) in [6.45, 7) is 0. The highest BCUT2D eigenvalue weighted by atomic mass is 16.5. The third-order valence-corrected chi connectivity index (χ3v) is 2.68. The number of hydrogen-bond donors (Lipinski definition) is 2. The second kappa shape index (κ2) is 5.92. The van der Waals surface area contributed by atoms with Gasteiger partial charge in [-0.3, -0.25) is 0 Å². The number of carboxylic acids is 1. The number of aromatic nitrogens is 1. The average molecular weight is 274 g/mol. The van der Waals surface area contributed by atoms with Crippen molar-refractivity contribution >= 4 is 17.5 Å². The molecule has 0 amide bonds. The molecule has 0 bridgehead atoms. The Bertz CT molecular complexity index is 611. The lowest BCUT2D eigenvalue weighted by Crippen LogP contribution is -2.00. The molecule has 1 aromatic carbocycles. The molecular formula is C14H14N2O4. The van der Waals surface area contributed by atoms with Gasteiger partial charge in [-0.1, -0.05) is 0 Å². The first-order valence-corrected chi connectivity index (χ1v) is 5.82. The molecule has 104 valence electrons. The van der Waals surface area contributed by atoms with E-state index in [2.05, 4.69) is 10.3 Å². The fourth-order valence-electron chi connectivity index (χ4n) is 1.63. The Labute approximate surface area is 116 Å². The summed E-state index contributed by atoms with van der Waals surface area (Å²) in [5.41, 5.74) is 0.848. The van der Waals surface area contributed by atoms with Crippen molar-refractivity contribution in [3.63, 3.8) is 0 Å². The zero-order valence-corrected chi connectivity index (χ0v) is 11.1. The van der Waals surface area contributed by atoms with Gasteiger partial charge in [-0.25, -0.2) is 9.78 Å². The largest absolute Gasteiger partial charge is 0.497 e. The highest BCUT2D eigenvalue weighted by Gasteiger charge is 2.07. The van der Waals surface area contributed by atoms with Crippen LogP contribution in [0.2, 0.25) is 0 Å². The summed E-state index contributed by atoms with van der Waals surface area (Å²) in [5.74, 6) is 0.805. The highest BCUT2D eigenvalue weighted by molar-refractivity contribution is 5.87. The van der Waals surface area contributed by atoms with Crippen molar-refractivity contribution < 1.29 is 19.4 Å². The van der Waals surface area contributed by atoms with E-state index in [0.717, 1.165) is 0 Å². The van der Waals surface area contributed by atoms with E-state index in [-0.39, 0.29) is 5.56 Å². The van der Waals surface area contributed by atoms with Crippen LogP contribution >= 0.6 is 0 Å². The maximum Gasteiger partial charge on any atom is 0.337 e. The van der Waals surface area contributed by atoms with Crippen molar-refractivity contribution in [1.29, 1.82) is 0 Å². The van der Waals surface area contributed by atoms with Gasteiger partial charge in [-0.2, -0.15) is 0 Å².